The van der Waals surface area contributed by atoms with Gasteiger partial charge in [0, 0.05) is 13.0 Å². The van der Waals surface area contributed by atoms with E-state index in [1.54, 1.807) is 4.57 Å². The monoisotopic (exact) mass is 398 g/mol. The molecule has 4 aromatic rings. The van der Waals surface area contributed by atoms with E-state index >= 15 is 0 Å². The number of aromatic nitrogens is 6. The molecule has 0 N–H and O–H groups in total. The maximum Gasteiger partial charge on any atom is 0.262 e. The Bertz CT molecular complexity index is 1160. The highest BCUT2D eigenvalue weighted by molar-refractivity contribution is 7.98. The zero-order valence-electron chi connectivity index (χ0n) is 16.0. The summed E-state index contributed by atoms with van der Waals surface area (Å²) in [7, 11) is 0. The summed E-state index contributed by atoms with van der Waals surface area (Å²) in [5.41, 5.74) is 0.790. The van der Waals surface area contributed by atoms with Crippen molar-refractivity contribution in [1.29, 1.82) is 0 Å². The van der Waals surface area contributed by atoms with Crippen molar-refractivity contribution in [3.05, 3.63) is 46.3 Å². The molecule has 0 unspecified atom stereocenters. The molecule has 146 valence electrons. The van der Waals surface area contributed by atoms with Gasteiger partial charge >= 0.3 is 0 Å². The fourth-order valence-corrected chi connectivity index (χ4v) is 3.95. The molecule has 0 atom stereocenters. The van der Waals surface area contributed by atoms with Gasteiger partial charge < -0.3 is 4.52 Å². The second-order valence-corrected chi connectivity index (χ2v) is 7.49. The van der Waals surface area contributed by atoms with Crippen LogP contribution >= 0.6 is 11.8 Å². The van der Waals surface area contributed by atoms with Gasteiger partial charge in [-0.15, -0.1) is 10.2 Å². The van der Waals surface area contributed by atoms with E-state index in [-0.39, 0.29) is 5.56 Å². The van der Waals surface area contributed by atoms with Crippen LogP contribution in [0.1, 0.15) is 44.8 Å². The molecule has 8 nitrogen and oxygen atoms in total. The Kier molecular flexibility index (Phi) is 5.43. The van der Waals surface area contributed by atoms with Gasteiger partial charge in [0.15, 0.2) is 11.0 Å². The van der Waals surface area contributed by atoms with Gasteiger partial charge in [-0.05, 0) is 18.6 Å². The number of para-hydroxylation sites is 1. The highest BCUT2D eigenvalue weighted by Crippen LogP contribution is 2.24. The lowest BCUT2D eigenvalue weighted by molar-refractivity contribution is 0.378. The molecule has 28 heavy (non-hydrogen) atoms. The minimum atomic E-state index is -0.0195. The Morgan fingerprint density at radius 1 is 1.14 bits per heavy atom. The third-order valence-electron chi connectivity index (χ3n) is 4.61. The average molecular weight is 398 g/mol. The number of rotatable bonds is 8. The number of nitrogens with zero attached hydrogens (tertiary/aromatic N) is 6. The van der Waals surface area contributed by atoms with E-state index in [9.17, 15) is 4.79 Å². The maximum absolute atomic E-state index is 13.0. The van der Waals surface area contributed by atoms with Crippen LogP contribution < -0.4 is 5.56 Å². The summed E-state index contributed by atoms with van der Waals surface area (Å²) in [6, 6.07) is 7.59. The molecule has 9 heteroatoms. The van der Waals surface area contributed by atoms with Crippen LogP contribution in [-0.2, 0) is 18.7 Å². The number of aryl methyl sites for hydroxylation is 2. The molecule has 0 saturated heterocycles. The molecule has 4 rings (SSSR count). The molecule has 0 spiro atoms. The van der Waals surface area contributed by atoms with Crippen LogP contribution in [0.15, 0.2) is 38.7 Å². The van der Waals surface area contributed by atoms with Crippen molar-refractivity contribution >= 4 is 28.4 Å². The minimum Gasteiger partial charge on any atom is -0.339 e. The summed E-state index contributed by atoms with van der Waals surface area (Å²) in [6.07, 6.45) is 3.80. The third kappa shape index (κ3) is 3.42. The maximum atomic E-state index is 13.0. The number of hydrogen-bond donors (Lipinski definition) is 0. The largest absolute Gasteiger partial charge is 0.339 e. The Balaban J connectivity index is 1.76. The van der Waals surface area contributed by atoms with Crippen LogP contribution in [0.25, 0.3) is 16.7 Å². The van der Waals surface area contributed by atoms with E-state index in [1.165, 1.54) is 11.8 Å². The predicted octanol–water partition coefficient (Wildman–Crippen LogP) is 3.47. The Morgan fingerprint density at radius 2 is 2.00 bits per heavy atom. The summed E-state index contributed by atoms with van der Waals surface area (Å²) in [4.78, 5) is 17.3. The summed E-state index contributed by atoms with van der Waals surface area (Å²) in [5.74, 6) is 2.34. The topological polar surface area (TPSA) is 91.1 Å². The zero-order chi connectivity index (χ0) is 19.5. The normalized spacial score (nSPS) is 11.6. The second-order valence-electron chi connectivity index (χ2n) is 6.55. The van der Waals surface area contributed by atoms with Crippen molar-refractivity contribution in [3.63, 3.8) is 0 Å². The van der Waals surface area contributed by atoms with Crippen molar-refractivity contribution in [2.75, 3.05) is 0 Å². The van der Waals surface area contributed by atoms with E-state index in [1.807, 2.05) is 35.6 Å². The molecule has 3 heterocycles. The fourth-order valence-electron chi connectivity index (χ4n) is 3.17. The molecule has 0 aliphatic rings. The molecule has 0 aliphatic heterocycles. The van der Waals surface area contributed by atoms with Gasteiger partial charge in [-0.2, -0.15) is 4.98 Å². The quantitative estimate of drug-likeness (QED) is 0.331. The fraction of sp³-hybridized carbons (Fsp3) is 0.421. The number of hydrogen-bond acceptors (Lipinski definition) is 7. The van der Waals surface area contributed by atoms with Crippen LogP contribution in [-0.4, -0.2) is 29.3 Å². The highest BCUT2D eigenvalue weighted by Gasteiger charge is 2.17. The second kappa shape index (κ2) is 8.14. The Labute approximate surface area is 166 Å². The summed E-state index contributed by atoms with van der Waals surface area (Å²) in [6.45, 7) is 4.75. The van der Waals surface area contributed by atoms with Crippen molar-refractivity contribution in [2.24, 2.45) is 0 Å². The highest BCUT2D eigenvalue weighted by atomic mass is 32.2. The van der Waals surface area contributed by atoms with E-state index in [0.717, 1.165) is 24.8 Å². The zero-order valence-corrected chi connectivity index (χ0v) is 16.8. The SMILES string of the molecule is CCCCCn1c(=O)c2ccccc2n2c(SCc3noc(CC)n3)nnc12. The summed E-state index contributed by atoms with van der Waals surface area (Å²) in [5, 5.41) is 14.0. The molecule has 1 aromatic carbocycles. The lowest BCUT2D eigenvalue weighted by Crippen LogP contribution is -2.23. The van der Waals surface area contributed by atoms with Gasteiger partial charge in [0.25, 0.3) is 5.56 Å². The van der Waals surface area contributed by atoms with Crippen molar-refractivity contribution in [3.8, 4) is 0 Å². The van der Waals surface area contributed by atoms with E-state index in [2.05, 4.69) is 27.3 Å². The summed E-state index contributed by atoms with van der Waals surface area (Å²) >= 11 is 1.48. The molecule has 0 fully saturated rings. The third-order valence-corrected chi connectivity index (χ3v) is 5.53. The van der Waals surface area contributed by atoms with Crippen molar-refractivity contribution < 1.29 is 4.52 Å². The smallest absolute Gasteiger partial charge is 0.262 e. The molecule has 0 radical (unpaired) electrons. The molecule has 0 saturated carbocycles. The molecule has 3 aromatic heterocycles. The van der Waals surface area contributed by atoms with Crippen LogP contribution in [0.2, 0.25) is 0 Å². The Morgan fingerprint density at radius 3 is 2.79 bits per heavy atom. The number of thioether (sulfide) groups is 1. The molecule has 0 aliphatic carbocycles. The first-order valence-corrected chi connectivity index (χ1v) is 10.5. The van der Waals surface area contributed by atoms with Crippen LogP contribution in [0.3, 0.4) is 0 Å². The number of fused-ring (bicyclic) bond motifs is 3. The lowest BCUT2D eigenvalue weighted by Gasteiger charge is -2.10. The van der Waals surface area contributed by atoms with Gasteiger partial charge in [-0.1, -0.05) is 55.7 Å². The predicted molar refractivity (Wildman–Crippen MR) is 108 cm³/mol. The average Bonchev–Trinajstić information content (AvgIpc) is 3.36. The van der Waals surface area contributed by atoms with Gasteiger partial charge in [0.1, 0.15) is 0 Å². The van der Waals surface area contributed by atoms with Crippen molar-refractivity contribution in [2.45, 2.75) is 57.0 Å². The standard InChI is InChI=1S/C19H22N6O2S/c1-3-5-8-11-24-17(26)13-9-6-7-10-14(13)25-18(24)21-22-19(25)28-12-15-20-16(4-2)27-23-15/h6-7,9-10H,3-5,8,11-12H2,1-2H3. The van der Waals surface area contributed by atoms with Gasteiger partial charge in [-0.25, -0.2) is 0 Å². The van der Waals surface area contributed by atoms with Crippen LogP contribution in [0, 0.1) is 0 Å². The van der Waals surface area contributed by atoms with Crippen LogP contribution in [0.4, 0.5) is 0 Å². The first-order valence-electron chi connectivity index (χ1n) is 9.53. The van der Waals surface area contributed by atoms with Gasteiger partial charge in [-0.3, -0.25) is 13.8 Å². The first kappa shape index (κ1) is 18.7. The molecular formula is C19H22N6O2S. The van der Waals surface area contributed by atoms with Gasteiger partial charge in [0.05, 0.1) is 16.7 Å². The molecular weight excluding hydrogens is 376 g/mol. The van der Waals surface area contributed by atoms with E-state index in [0.29, 0.717) is 46.8 Å². The van der Waals surface area contributed by atoms with E-state index < -0.39 is 0 Å². The van der Waals surface area contributed by atoms with E-state index in [4.69, 9.17) is 4.52 Å². The summed E-state index contributed by atoms with van der Waals surface area (Å²) < 4.78 is 8.86. The number of unbranched alkanes of at least 4 members (excludes halogenated alkanes) is 2. The van der Waals surface area contributed by atoms with Crippen LogP contribution in [0.5, 0.6) is 0 Å². The lowest BCUT2D eigenvalue weighted by atomic mass is 10.2. The Hall–Kier alpha value is -2.68. The first-order chi connectivity index (χ1) is 13.7. The molecule has 0 bridgehead atoms. The minimum absolute atomic E-state index is 0.0195. The number of benzene rings is 1. The van der Waals surface area contributed by atoms with Gasteiger partial charge in [0.2, 0.25) is 11.7 Å². The molecule has 0 amide bonds. The van der Waals surface area contributed by atoms with Crippen molar-refractivity contribution in [1.82, 2.24) is 29.3 Å².